The molecule has 0 bridgehead atoms. The van der Waals surface area contributed by atoms with Gasteiger partial charge in [0.2, 0.25) is 5.89 Å². The van der Waals surface area contributed by atoms with Crippen molar-refractivity contribution in [3.8, 4) is 0 Å². The maximum atomic E-state index is 5.36. The van der Waals surface area contributed by atoms with Gasteiger partial charge < -0.3 is 14.7 Å². The van der Waals surface area contributed by atoms with Crippen molar-refractivity contribution in [2.75, 3.05) is 20.6 Å². The molecule has 18 heavy (non-hydrogen) atoms. The molecule has 0 amide bonds. The Morgan fingerprint density at radius 3 is 2.61 bits per heavy atom. The smallest absolute Gasteiger partial charge is 0.231 e. The van der Waals surface area contributed by atoms with Crippen LogP contribution in [0.15, 0.2) is 4.52 Å². The number of aromatic nitrogens is 2. The minimum absolute atomic E-state index is 0.255. The second-order valence-corrected chi connectivity index (χ2v) is 5.04. The Morgan fingerprint density at radius 2 is 2.06 bits per heavy atom. The van der Waals surface area contributed by atoms with E-state index in [4.69, 9.17) is 4.52 Å². The first-order valence-corrected chi connectivity index (χ1v) is 6.79. The fourth-order valence-electron chi connectivity index (χ4n) is 1.98. The lowest BCUT2D eigenvalue weighted by atomic mass is 9.99. The van der Waals surface area contributed by atoms with E-state index in [9.17, 15) is 0 Å². The van der Waals surface area contributed by atoms with Gasteiger partial charge in [-0.1, -0.05) is 25.9 Å². The fraction of sp³-hybridized carbons (Fsp3) is 0.846. The molecule has 1 N–H and O–H groups in total. The molecule has 0 saturated carbocycles. The molecule has 0 aliphatic heterocycles. The fourth-order valence-corrected chi connectivity index (χ4v) is 1.98. The third-order valence-electron chi connectivity index (χ3n) is 3.03. The number of nitrogens with one attached hydrogen (secondary N) is 1. The van der Waals surface area contributed by atoms with E-state index in [0.717, 1.165) is 37.6 Å². The molecule has 104 valence electrons. The van der Waals surface area contributed by atoms with Crippen LogP contribution in [0.25, 0.3) is 0 Å². The molecule has 1 aromatic heterocycles. The zero-order valence-corrected chi connectivity index (χ0v) is 12.2. The first kappa shape index (κ1) is 15.1. The highest BCUT2D eigenvalue weighted by molar-refractivity contribution is 4.97. The van der Waals surface area contributed by atoms with Crippen LogP contribution >= 0.6 is 0 Å². The van der Waals surface area contributed by atoms with Gasteiger partial charge in [-0.15, -0.1) is 0 Å². The molecule has 0 aliphatic carbocycles. The van der Waals surface area contributed by atoms with Crippen molar-refractivity contribution in [1.29, 1.82) is 0 Å². The molecule has 1 heterocycles. The lowest BCUT2D eigenvalue weighted by Crippen LogP contribution is -2.33. The van der Waals surface area contributed by atoms with E-state index >= 15 is 0 Å². The summed E-state index contributed by atoms with van der Waals surface area (Å²) in [4.78, 5) is 6.50. The average molecular weight is 254 g/mol. The second-order valence-electron chi connectivity index (χ2n) is 5.04. The molecule has 0 radical (unpaired) electrons. The van der Waals surface area contributed by atoms with Gasteiger partial charge in [-0.05, 0) is 33.5 Å². The van der Waals surface area contributed by atoms with Gasteiger partial charge in [-0.25, -0.2) is 0 Å². The zero-order chi connectivity index (χ0) is 13.5. The predicted octanol–water partition coefficient (Wildman–Crippen LogP) is 2.01. The topological polar surface area (TPSA) is 54.2 Å². The van der Waals surface area contributed by atoms with Crippen molar-refractivity contribution in [2.24, 2.45) is 0 Å². The highest BCUT2D eigenvalue weighted by Crippen LogP contribution is 2.19. The van der Waals surface area contributed by atoms with E-state index in [-0.39, 0.29) is 5.92 Å². The molecular formula is C13H26N4O. The van der Waals surface area contributed by atoms with Gasteiger partial charge in [0.1, 0.15) is 0 Å². The van der Waals surface area contributed by atoms with Crippen LogP contribution in [0.1, 0.15) is 51.2 Å². The third kappa shape index (κ3) is 4.38. The highest BCUT2D eigenvalue weighted by atomic mass is 16.5. The number of hydrogen-bond acceptors (Lipinski definition) is 5. The molecule has 2 atom stereocenters. The summed E-state index contributed by atoms with van der Waals surface area (Å²) in [5, 5.41) is 7.55. The molecule has 0 spiro atoms. The molecule has 5 heteroatoms. The second kappa shape index (κ2) is 7.48. The van der Waals surface area contributed by atoms with Crippen molar-refractivity contribution < 1.29 is 4.52 Å². The molecular weight excluding hydrogens is 228 g/mol. The van der Waals surface area contributed by atoms with Gasteiger partial charge in [0.25, 0.3) is 0 Å². The summed E-state index contributed by atoms with van der Waals surface area (Å²) in [6.45, 7) is 8.24. The quantitative estimate of drug-likeness (QED) is 0.769. The molecule has 0 aliphatic rings. The largest absolute Gasteiger partial charge is 0.339 e. The van der Waals surface area contributed by atoms with Crippen LogP contribution in [0.3, 0.4) is 0 Å². The Balaban J connectivity index is 2.63. The first-order valence-electron chi connectivity index (χ1n) is 6.79. The maximum absolute atomic E-state index is 5.36. The molecule has 5 nitrogen and oxygen atoms in total. The molecule has 0 fully saturated rings. The average Bonchev–Trinajstić information content (AvgIpc) is 2.77. The van der Waals surface area contributed by atoms with E-state index in [1.165, 1.54) is 0 Å². The Labute approximate surface area is 110 Å². The van der Waals surface area contributed by atoms with Crippen molar-refractivity contribution >= 4 is 0 Å². The summed E-state index contributed by atoms with van der Waals surface area (Å²) in [6, 6.07) is 0.401. The van der Waals surface area contributed by atoms with Crippen LogP contribution in [0.2, 0.25) is 0 Å². The number of nitrogens with zero attached hydrogens (tertiary/aromatic N) is 3. The number of rotatable bonds is 8. The summed E-state index contributed by atoms with van der Waals surface area (Å²) >= 11 is 0. The number of hydrogen-bond donors (Lipinski definition) is 1. The van der Waals surface area contributed by atoms with Crippen molar-refractivity contribution in [2.45, 2.75) is 52.1 Å². The summed E-state index contributed by atoms with van der Waals surface area (Å²) in [7, 11) is 3.99. The Hall–Kier alpha value is -0.940. The van der Waals surface area contributed by atoms with E-state index in [0.29, 0.717) is 6.04 Å². The molecule has 1 rings (SSSR count). The SMILES string of the molecule is CCCNC(CC)C(C)c1nc(CN(C)C)no1. The van der Waals surface area contributed by atoms with Crippen LogP contribution in [0.5, 0.6) is 0 Å². The van der Waals surface area contributed by atoms with Gasteiger partial charge >= 0.3 is 0 Å². The van der Waals surface area contributed by atoms with Crippen LogP contribution in [0.4, 0.5) is 0 Å². The summed E-state index contributed by atoms with van der Waals surface area (Å²) < 4.78 is 5.36. The first-order chi connectivity index (χ1) is 8.58. The van der Waals surface area contributed by atoms with Gasteiger partial charge in [-0.3, -0.25) is 0 Å². The summed E-state index contributed by atoms with van der Waals surface area (Å²) in [5.74, 6) is 1.75. The van der Waals surface area contributed by atoms with Crippen LogP contribution in [0, 0.1) is 0 Å². The van der Waals surface area contributed by atoms with Gasteiger partial charge in [0.05, 0.1) is 12.5 Å². The van der Waals surface area contributed by atoms with Gasteiger partial charge in [0.15, 0.2) is 5.82 Å². The lowest BCUT2D eigenvalue weighted by Gasteiger charge is -2.20. The molecule has 2 unspecified atom stereocenters. The molecule has 0 aromatic carbocycles. The monoisotopic (exact) mass is 254 g/mol. The van der Waals surface area contributed by atoms with Gasteiger partial charge in [0, 0.05) is 6.04 Å². The molecule has 0 saturated heterocycles. The van der Waals surface area contributed by atoms with E-state index in [1.54, 1.807) is 0 Å². The lowest BCUT2D eigenvalue weighted by molar-refractivity contribution is 0.312. The molecule has 1 aromatic rings. The van der Waals surface area contributed by atoms with Crippen molar-refractivity contribution in [1.82, 2.24) is 20.4 Å². The van der Waals surface area contributed by atoms with E-state index in [1.807, 2.05) is 19.0 Å². The Morgan fingerprint density at radius 1 is 1.33 bits per heavy atom. The normalized spacial score (nSPS) is 15.0. The van der Waals surface area contributed by atoms with Crippen molar-refractivity contribution in [3.63, 3.8) is 0 Å². The van der Waals surface area contributed by atoms with Crippen LogP contribution in [-0.4, -0.2) is 41.7 Å². The summed E-state index contributed by atoms with van der Waals surface area (Å²) in [5.41, 5.74) is 0. The third-order valence-corrected chi connectivity index (χ3v) is 3.03. The Kier molecular flexibility index (Phi) is 6.29. The standard InChI is InChI=1S/C13H26N4O/c1-6-8-14-11(7-2)10(3)13-15-12(16-18-13)9-17(4)5/h10-11,14H,6-9H2,1-5H3. The van der Waals surface area contributed by atoms with Crippen LogP contribution < -0.4 is 5.32 Å². The minimum atomic E-state index is 0.255. The summed E-state index contributed by atoms with van der Waals surface area (Å²) in [6.07, 6.45) is 2.20. The van der Waals surface area contributed by atoms with Crippen molar-refractivity contribution in [3.05, 3.63) is 11.7 Å². The van der Waals surface area contributed by atoms with E-state index < -0.39 is 0 Å². The minimum Gasteiger partial charge on any atom is -0.339 e. The zero-order valence-electron chi connectivity index (χ0n) is 12.2. The van der Waals surface area contributed by atoms with E-state index in [2.05, 4.69) is 36.2 Å². The predicted molar refractivity (Wildman–Crippen MR) is 72.5 cm³/mol. The Bertz CT molecular complexity index is 337. The van der Waals surface area contributed by atoms with Crippen LogP contribution in [-0.2, 0) is 6.54 Å². The van der Waals surface area contributed by atoms with Gasteiger partial charge in [-0.2, -0.15) is 4.98 Å². The maximum Gasteiger partial charge on any atom is 0.231 e. The highest BCUT2D eigenvalue weighted by Gasteiger charge is 2.22.